The number of aromatic nitrogens is 3. The second-order valence-corrected chi connectivity index (χ2v) is 4.41. The van der Waals surface area contributed by atoms with Crippen molar-refractivity contribution in [3.63, 3.8) is 0 Å². The van der Waals surface area contributed by atoms with E-state index >= 15 is 0 Å². The lowest BCUT2D eigenvalue weighted by Crippen LogP contribution is -2.24. The van der Waals surface area contributed by atoms with Gasteiger partial charge in [-0.1, -0.05) is 0 Å². The lowest BCUT2D eigenvalue weighted by atomic mass is 10.1. The molecular formula is C12H14N4O. The van der Waals surface area contributed by atoms with Gasteiger partial charge < -0.3 is 5.32 Å². The number of aldehydes is 1. The minimum Gasteiger partial charge on any atom is -0.314 e. The Morgan fingerprint density at radius 1 is 1.59 bits per heavy atom. The third-order valence-electron chi connectivity index (χ3n) is 3.13. The summed E-state index contributed by atoms with van der Waals surface area (Å²) in [5.74, 6) is 0.840. The van der Waals surface area contributed by atoms with Crippen molar-refractivity contribution >= 4 is 11.9 Å². The number of pyridine rings is 1. The van der Waals surface area contributed by atoms with Crippen LogP contribution in [0.2, 0.25) is 0 Å². The topological polar surface area (TPSA) is 59.3 Å². The van der Waals surface area contributed by atoms with Gasteiger partial charge in [-0.05, 0) is 31.5 Å². The van der Waals surface area contributed by atoms with E-state index < -0.39 is 0 Å². The monoisotopic (exact) mass is 230 g/mol. The Morgan fingerprint density at radius 2 is 2.53 bits per heavy atom. The molecule has 0 saturated carbocycles. The fourth-order valence-corrected chi connectivity index (χ4v) is 2.25. The van der Waals surface area contributed by atoms with E-state index in [-0.39, 0.29) is 0 Å². The zero-order valence-corrected chi connectivity index (χ0v) is 9.47. The molecule has 0 bridgehead atoms. The van der Waals surface area contributed by atoms with Gasteiger partial charge in [-0.2, -0.15) is 5.10 Å². The molecule has 0 aromatic carbocycles. The Kier molecular flexibility index (Phi) is 2.60. The Balaban J connectivity index is 1.87. The van der Waals surface area contributed by atoms with Crippen LogP contribution in [0, 0.1) is 0 Å². The van der Waals surface area contributed by atoms with Gasteiger partial charge in [-0.25, -0.2) is 9.50 Å². The molecule has 5 heteroatoms. The first-order chi connectivity index (χ1) is 8.35. The van der Waals surface area contributed by atoms with Crippen molar-refractivity contribution in [1.29, 1.82) is 0 Å². The zero-order valence-electron chi connectivity index (χ0n) is 9.47. The van der Waals surface area contributed by atoms with Gasteiger partial charge in [0.2, 0.25) is 0 Å². The number of rotatable bonds is 3. The van der Waals surface area contributed by atoms with E-state index in [0.717, 1.165) is 30.7 Å². The van der Waals surface area contributed by atoms with Crippen LogP contribution in [0.4, 0.5) is 0 Å². The van der Waals surface area contributed by atoms with E-state index in [1.165, 1.54) is 12.8 Å². The summed E-state index contributed by atoms with van der Waals surface area (Å²) in [5, 5.41) is 7.83. The average molecular weight is 230 g/mol. The molecule has 1 aliphatic heterocycles. The van der Waals surface area contributed by atoms with Gasteiger partial charge in [0.1, 0.15) is 6.29 Å². The van der Waals surface area contributed by atoms with Crippen molar-refractivity contribution in [2.24, 2.45) is 0 Å². The lowest BCUT2D eigenvalue weighted by Gasteiger charge is -2.05. The molecule has 0 radical (unpaired) electrons. The van der Waals surface area contributed by atoms with E-state index in [1.807, 2.05) is 0 Å². The fourth-order valence-electron chi connectivity index (χ4n) is 2.25. The lowest BCUT2D eigenvalue weighted by molar-refractivity contribution is 0.112. The highest BCUT2D eigenvalue weighted by Gasteiger charge is 2.16. The van der Waals surface area contributed by atoms with Gasteiger partial charge >= 0.3 is 0 Å². The molecule has 0 amide bonds. The van der Waals surface area contributed by atoms with Gasteiger partial charge in [0.25, 0.3) is 0 Å². The summed E-state index contributed by atoms with van der Waals surface area (Å²) in [4.78, 5) is 15.1. The fraction of sp³-hybridized carbons (Fsp3) is 0.417. The Morgan fingerprint density at radius 3 is 3.29 bits per heavy atom. The van der Waals surface area contributed by atoms with Crippen LogP contribution in [-0.4, -0.2) is 33.5 Å². The number of nitrogens with one attached hydrogen (secondary N) is 1. The highest BCUT2D eigenvalue weighted by atomic mass is 16.1. The molecule has 88 valence electrons. The SMILES string of the molecule is O=Cc1ccn2nc(CC3CCCN3)nc2c1. The first-order valence-corrected chi connectivity index (χ1v) is 5.89. The number of carbonyl (C=O) groups is 1. The normalized spacial score (nSPS) is 19.9. The smallest absolute Gasteiger partial charge is 0.156 e. The standard InChI is InChI=1S/C12H14N4O/c17-8-9-3-5-16-12(6-9)14-11(15-16)7-10-2-1-4-13-10/h3,5-6,8,10,13H,1-2,4,7H2. The zero-order chi connectivity index (χ0) is 11.7. The van der Waals surface area contributed by atoms with Crippen LogP contribution in [0.3, 0.4) is 0 Å². The number of hydrogen-bond acceptors (Lipinski definition) is 4. The minimum absolute atomic E-state index is 0.498. The predicted molar refractivity (Wildman–Crippen MR) is 63.1 cm³/mol. The largest absolute Gasteiger partial charge is 0.314 e. The van der Waals surface area contributed by atoms with E-state index in [4.69, 9.17) is 0 Å². The summed E-state index contributed by atoms with van der Waals surface area (Å²) in [6.45, 7) is 1.09. The van der Waals surface area contributed by atoms with Gasteiger partial charge in [0, 0.05) is 24.2 Å². The molecule has 1 saturated heterocycles. The molecule has 0 spiro atoms. The highest BCUT2D eigenvalue weighted by Crippen LogP contribution is 2.11. The number of hydrogen-bond donors (Lipinski definition) is 1. The maximum atomic E-state index is 10.7. The Labute approximate surface area is 98.9 Å². The minimum atomic E-state index is 0.498. The third kappa shape index (κ3) is 2.06. The quantitative estimate of drug-likeness (QED) is 0.794. The third-order valence-corrected chi connectivity index (χ3v) is 3.13. The molecule has 1 atom stereocenters. The first-order valence-electron chi connectivity index (χ1n) is 5.89. The average Bonchev–Trinajstić information content (AvgIpc) is 2.96. The van der Waals surface area contributed by atoms with Gasteiger partial charge in [0.15, 0.2) is 11.5 Å². The molecule has 1 unspecified atom stereocenters. The molecule has 2 aromatic heterocycles. The summed E-state index contributed by atoms with van der Waals surface area (Å²) in [6.07, 6.45) is 5.88. The molecule has 1 fully saturated rings. The number of nitrogens with zero attached hydrogens (tertiary/aromatic N) is 3. The Hall–Kier alpha value is -1.75. The van der Waals surface area contributed by atoms with E-state index in [1.54, 1.807) is 22.8 Å². The molecule has 2 aromatic rings. The van der Waals surface area contributed by atoms with Crippen molar-refractivity contribution in [3.8, 4) is 0 Å². The van der Waals surface area contributed by atoms with E-state index in [2.05, 4.69) is 15.4 Å². The second kappa shape index (κ2) is 4.25. The summed E-state index contributed by atoms with van der Waals surface area (Å²) in [5.41, 5.74) is 1.37. The molecule has 0 aliphatic carbocycles. The molecular weight excluding hydrogens is 216 g/mol. The summed E-state index contributed by atoms with van der Waals surface area (Å²) in [6, 6.07) is 4.00. The van der Waals surface area contributed by atoms with Crippen molar-refractivity contribution in [3.05, 3.63) is 29.7 Å². The van der Waals surface area contributed by atoms with Crippen LogP contribution < -0.4 is 5.32 Å². The van der Waals surface area contributed by atoms with E-state index in [9.17, 15) is 4.79 Å². The van der Waals surface area contributed by atoms with Crippen LogP contribution in [0.5, 0.6) is 0 Å². The van der Waals surface area contributed by atoms with Crippen molar-refractivity contribution in [2.45, 2.75) is 25.3 Å². The molecule has 3 heterocycles. The number of fused-ring (bicyclic) bond motifs is 1. The highest BCUT2D eigenvalue weighted by molar-refractivity contribution is 5.76. The maximum Gasteiger partial charge on any atom is 0.156 e. The van der Waals surface area contributed by atoms with Crippen LogP contribution in [0.15, 0.2) is 18.3 Å². The first kappa shape index (κ1) is 10.4. The summed E-state index contributed by atoms with van der Waals surface area (Å²) >= 11 is 0. The van der Waals surface area contributed by atoms with Crippen molar-refractivity contribution < 1.29 is 4.79 Å². The molecule has 1 N–H and O–H groups in total. The van der Waals surface area contributed by atoms with Gasteiger partial charge in [-0.15, -0.1) is 0 Å². The van der Waals surface area contributed by atoms with E-state index in [0.29, 0.717) is 11.6 Å². The molecule has 5 nitrogen and oxygen atoms in total. The van der Waals surface area contributed by atoms with Crippen molar-refractivity contribution in [1.82, 2.24) is 19.9 Å². The van der Waals surface area contributed by atoms with Crippen LogP contribution in [0.25, 0.3) is 5.65 Å². The van der Waals surface area contributed by atoms with Gasteiger partial charge in [-0.3, -0.25) is 4.79 Å². The molecule has 3 rings (SSSR count). The summed E-state index contributed by atoms with van der Waals surface area (Å²) in [7, 11) is 0. The summed E-state index contributed by atoms with van der Waals surface area (Å²) < 4.78 is 1.72. The predicted octanol–water partition coefficient (Wildman–Crippen LogP) is 0.836. The van der Waals surface area contributed by atoms with Crippen LogP contribution in [-0.2, 0) is 6.42 Å². The molecule has 1 aliphatic rings. The van der Waals surface area contributed by atoms with Crippen molar-refractivity contribution in [2.75, 3.05) is 6.54 Å². The van der Waals surface area contributed by atoms with Gasteiger partial charge in [0.05, 0.1) is 0 Å². The molecule has 17 heavy (non-hydrogen) atoms. The number of carbonyl (C=O) groups excluding carboxylic acids is 1. The van der Waals surface area contributed by atoms with Crippen LogP contribution >= 0.6 is 0 Å². The second-order valence-electron chi connectivity index (χ2n) is 4.41. The maximum absolute atomic E-state index is 10.7. The Bertz CT molecular complexity index is 542. The van der Waals surface area contributed by atoms with Crippen LogP contribution in [0.1, 0.15) is 29.0 Å².